The summed E-state index contributed by atoms with van der Waals surface area (Å²) in [5, 5.41) is 0. The molecular weight excluding hydrogens is 571 g/mol. The molecule has 1 aromatic carbocycles. The molecule has 0 amide bonds. The van der Waals surface area contributed by atoms with Crippen LogP contribution in [0.25, 0.3) is 0 Å². The van der Waals surface area contributed by atoms with Gasteiger partial charge < -0.3 is 13.7 Å². The smallest absolute Gasteiger partial charge is 0.493 e. The fourth-order valence-electron chi connectivity index (χ4n) is 7.48. The van der Waals surface area contributed by atoms with Crippen LogP contribution >= 0.6 is 0 Å². The van der Waals surface area contributed by atoms with Crippen molar-refractivity contribution in [3.8, 4) is 11.5 Å². The van der Waals surface area contributed by atoms with E-state index in [0.717, 1.165) is 48.3 Å². The molecule has 3 aliphatic carbocycles. The van der Waals surface area contributed by atoms with Crippen LogP contribution in [0, 0.1) is 17.8 Å². The van der Waals surface area contributed by atoms with Crippen LogP contribution in [0.3, 0.4) is 0 Å². The molecule has 0 aliphatic heterocycles. The number of hydrogen-bond acceptors (Lipinski definition) is 7. The molecule has 1 heterocycles. The normalized spacial score (nSPS) is 26.3. The summed E-state index contributed by atoms with van der Waals surface area (Å²) >= 11 is 0. The van der Waals surface area contributed by atoms with E-state index in [0.29, 0.717) is 44.6 Å². The average molecular weight is 610 g/mol. The lowest BCUT2D eigenvalue weighted by atomic mass is 9.61. The SMILES string of the molecule is COC(=O)C1CCC2(CC1)c1cc(OS(=O)(=O)C(F)(F)F)ccc1CC2C[C@@H](C)COc1ccnc2c1[C@H](C)CCC2. The van der Waals surface area contributed by atoms with Gasteiger partial charge in [0.25, 0.3) is 0 Å². The highest BCUT2D eigenvalue weighted by molar-refractivity contribution is 7.88. The molecule has 1 aromatic heterocycles. The predicted octanol–water partition coefficient (Wildman–Crippen LogP) is 6.63. The molecule has 42 heavy (non-hydrogen) atoms. The fourth-order valence-corrected chi connectivity index (χ4v) is 7.93. The second-order valence-electron chi connectivity index (χ2n) is 12.3. The van der Waals surface area contributed by atoms with Gasteiger partial charge in [-0.25, -0.2) is 0 Å². The van der Waals surface area contributed by atoms with E-state index in [1.54, 1.807) is 12.3 Å². The van der Waals surface area contributed by atoms with Gasteiger partial charge in [0.05, 0.1) is 19.6 Å². The van der Waals surface area contributed by atoms with Crippen molar-refractivity contribution >= 4 is 16.1 Å². The van der Waals surface area contributed by atoms with Crippen molar-refractivity contribution in [3.63, 3.8) is 0 Å². The van der Waals surface area contributed by atoms with Gasteiger partial charge in [-0.1, -0.05) is 19.9 Å². The van der Waals surface area contributed by atoms with Crippen molar-refractivity contribution in [3.05, 3.63) is 52.8 Å². The molecule has 1 unspecified atom stereocenters. The van der Waals surface area contributed by atoms with Crippen LogP contribution < -0.4 is 8.92 Å². The zero-order valence-electron chi connectivity index (χ0n) is 24.2. The van der Waals surface area contributed by atoms with E-state index >= 15 is 0 Å². The van der Waals surface area contributed by atoms with Gasteiger partial charge in [-0.3, -0.25) is 9.78 Å². The molecule has 3 aliphatic rings. The van der Waals surface area contributed by atoms with Gasteiger partial charge in [0.15, 0.2) is 0 Å². The number of pyridine rings is 1. The summed E-state index contributed by atoms with van der Waals surface area (Å²) in [4.78, 5) is 16.9. The van der Waals surface area contributed by atoms with Crippen molar-refractivity contribution in [2.75, 3.05) is 13.7 Å². The third-order valence-corrected chi connectivity index (χ3v) is 10.5. The third-order valence-electron chi connectivity index (χ3n) is 9.55. The number of fused-ring (bicyclic) bond motifs is 3. The number of methoxy groups -OCH3 is 1. The molecule has 11 heteroatoms. The van der Waals surface area contributed by atoms with E-state index in [9.17, 15) is 26.4 Å². The Morgan fingerprint density at radius 3 is 2.60 bits per heavy atom. The first kappa shape index (κ1) is 30.6. The maximum absolute atomic E-state index is 13.0. The van der Waals surface area contributed by atoms with Crippen LogP contribution in [0.5, 0.6) is 11.5 Å². The monoisotopic (exact) mass is 609 g/mol. The van der Waals surface area contributed by atoms with Gasteiger partial charge in [-0.05, 0) is 110 Å². The van der Waals surface area contributed by atoms with Crippen LogP contribution in [0.4, 0.5) is 13.2 Å². The molecule has 5 rings (SSSR count). The number of carbonyl (C=O) groups is 1. The van der Waals surface area contributed by atoms with Crippen LogP contribution in [-0.2, 0) is 37.9 Å². The largest absolute Gasteiger partial charge is 0.534 e. The zero-order valence-corrected chi connectivity index (χ0v) is 25.0. The molecule has 0 saturated heterocycles. The van der Waals surface area contributed by atoms with Gasteiger partial charge in [-0.15, -0.1) is 0 Å². The van der Waals surface area contributed by atoms with E-state index in [2.05, 4.69) is 23.0 Å². The minimum Gasteiger partial charge on any atom is -0.493 e. The van der Waals surface area contributed by atoms with E-state index in [-0.39, 0.29) is 29.5 Å². The molecule has 3 atom stereocenters. The molecule has 0 N–H and O–H groups in total. The average Bonchev–Trinajstić information content (AvgIpc) is 3.22. The Morgan fingerprint density at radius 2 is 1.90 bits per heavy atom. The number of alkyl halides is 3. The summed E-state index contributed by atoms with van der Waals surface area (Å²) in [5.41, 5.74) is -1.85. The molecule has 1 saturated carbocycles. The molecule has 1 fully saturated rings. The van der Waals surface area contributed by atoms with Crippen LogP contribution in [0.15, 0.2) is 30.5 Å². The summed E-state index contributed by atoms with van der Waals surface area (Å²) in [6.07, 6.45) is 8.95. The van der Waals surface area contributed by atoms with Crippen molar-refractivity contribution < 1.29 is 40.0 Å². The zero-order chi connectivity index (χ0) is 30.3. The van der Waals surface area contributed by atoms with Gasteiger partial charge >= 0.3 is 21.6 Å². The lowest BCUT2D eigenvalue weighted by molar-refractivity contribution is -0.147. The lowest BCUT2D eigenvalue weighted by Gasteiger charge is -2.43. The summed E-state index contributed by atoms with van der Waals surface area (Å²) in [7, 11) is -4.42. The summed E-state index contributed by atoms with van der Waals surface area (Å²) in [6.45, 7) is 4.85. The Balaban J connectivity index is 1.37. The topological polar surface area (TPSA) is 91.8 Å². The summed E-state index contributed by atoms with van der Waals surface area (Å²) < 4.78 is 78.4. The molecule has 230 valence electrons. The van der Waals surface area contributed by atoms with Crippen LogP contribution in [-0.4, -0.2) is 38.6 Å². The van der Waals surface area contributed by atoms with E-state index in [1.165, 1.54) is 24.8 Å². The van der Waals surface area contributed by atoms with E-state index < -0.39 is 21.0 Å². The highest BCUT2D eigenvalue weighted by Gasteiger charge is 2.51. The Kier molecular flexibility index (Phi) is 8.53. The molecule has 0 bridgehead atoms. The minimum absolute atomic E-state index is 0.143. The number of benzene rings is 1. The maximum atomic E-state index is 13.0. The number of halogens is 3. The Bertz CT molecular complexity index is 1420. The highest BCUT2D eigenvalue weighted by atomic mass is 32.2. The molecule has 2 aromatic rings. The van der Waals surface area contributed by atoms with Gasteiger partial charge in [-0.2, -0.15) is 21.6 Å². The van der Waals surface area contributed by atoms with Crippen molar-refractivity contribution in [2.24, 2.45) is 17.8 Å². The van der Waals surface area contributed by atoms with E-state index in [1.807, 2.05) is 6.07 Å². The number of hydrogen-bond donors (Lipinski definition) is 0. The van der Waals surface area contributed by atoms with Crippen LogP contribution in [0.1, 0.15) is 87.1 Å². The summed E-state index contributed by atoms with van der Waals surface area (Å²) in [6, 6.07) is 6.36. The van der Waals surface area contributed by atoms with Crippen LogP contribution in [0.2, 0.25) is 0 Å². The Hall–Kier alpha value is -2.82. The standard InChI is InChI=1S/C31H38F3NO6S/c1-19(18-40-27-11-14-35-26-6-4-5-20(2)28(26)27)15-23-16-22-7-8-24(41-42(37,38)31(32,33)34)17-25(22)30(23)12-9-21(10-13-30)29(36)39-3/h7-8,11,14,17,19-21,23H,4-6,9-10,12-13,15-16,18H2,1-3H3/t19-,20-,21?,23?,30?/m1/s1. The minimum atomic E-state index is -5.79. The number of esters is 1. The number of ether oxygens (including phenoxy) is 2. The summed E-state index contributed by atoms with van der Waals surface area (Å²) in [5.74, 6) is 0.737. The lowest BCUT2D eigenvalue weighted by Crippen LogP contribution is -2.39. The number of carbonyl (C=O) groups excluding carboxylic acids is 1. The van der Waals surface area contributed by atoms with E-state index in [4.69, 9.17) is 9.47 Å². The quantitative estimate of drug-likeness (QED) is 0.189. The van der Waals surface area contributed by atoms with Crippen molar-refractivity contribution in [2.45, 2.75) is 88.5 Å². The van der Waals surface area contributed by atoms with Gasteiger partial charge in [0, 0.05) is 17.5 Å². The molecule has 1 spiro atoms. The number of aryl methyl sites for hydroxylation is 1. The first-order valence-corrected chi connectivity index (χ1v) is 16.1. The number of nitrogens with zero attached hydrogens (tertiary/aromatic N) is 1. The Labute approximate surface area is 245 Å². The maximum Gasteiger partial charge on any atom is 0.534 e. The Morgan fingerprint density at radius 1 is 1.17 bits per heavy atom. The van der Waals surface area contributed by atoms with Crippen molar-refractivity contribution in [1.29, 1.82) is 0 Å². The number of rotatable bonds is 8. The first-order valence-electron chi connectivity index (χ1n) is 14.7. The predicted molar refractivity (Wildman–Crippen MR) is 150 cm³/mol. The van der Waals surface area contributed by atoms with Crippen molar-refractivity contribution in [1.82, 2.24) is 4.98 Å². The second-order valence-corrected chi connectivity index (χ2v) is 13.8. The van der Waals surface area contributed by atoms with Gasteiger partial charge in [0.1, 0.15) is 11.5 Å². The highest BCUT2D eigenvalue weighted by Crippen LogP contribution is 2.56. The third kappa shape index (κ3) is 5.85. The molecule has 7 nitrogen and oxygen atoms in total. The molecule has 0 radical (unpaired) electrons. The number of aromatic nitrogens is 1. The fraction of sp³-hybridized carbons (Fsp3) is 0.613. The molecular formula is C31H38F3NO6S. The van der Waals surface area contributed by atoms with Gasteiger partial charge in [0.2, 0.25) is 0 Å². The second kappa shape index (κ2) is 11.7. The first-order chi connectivity index (χ1) is 19.8.